The van der Waals surface area contributed by atoms with E-state index in [4.69, 9.17) is 5.73 Å². The molecule has 3 nitrogen and oxygen atoms in total. The summed E-state index contributed by atoms with van der Waals surface area (Å²) in [5, 5.41) is 9.49. The van der Waals surface area contributed by atoms with Crippen LogP contribution < -0.4 is 5.73 Å². The summed E-state index contributed by atoms with van der Waals surface area (Å²) in [7, 11) is 0. The van der Waals surface area contributed by atoms with Crippen LogP contribution >= 0.6 is 0 Å². The number of likely N-dealkylation sites (tertiary alicyclic amines) is 1. The van der Waals surface area contributed by atoms with Gasteiger partial charge in [-0.2, -0.15) is 0 Å². The van der Waals surface area contributed by atoms with Gasteiger partial charge in [-0.15, -0.1) is 0 Å². The van der Waals surface area contributed by atoms with Crippen LogP contribution in [0.4, 0.5) is 0 Å². The second kappa shape index (κ2) is 5.83. The Labute approximate surface area is 93.6 Å². The van der Waals surface area contributed by atoms with Crippen LogP contribution in [0, 0.1) is 11.8 Å². The van der Waals surface area contributed by atoms with Gasteiger partial charge in [0.2, 0.25) is 0 Å². The molecule has 0 aliphatic carbocycles. The van der Waals surface area contributed by atoms with Gasteiger partial charge in [0.15, 0.2) is 0 Å². The maximum Gasteiger partial charge on any atom is 0.0541 e. The van der Waals surface area contributed by atoms with Crippen LogP contribution in [0.25, 0.3) is 0 Å². The molecular formula is C12H26N2O. The van der Waals surface area contributed by atoms with Crippen molar-refractivity contribution in [2.45, 2.75) is 45.8 Å². The van der Waals surface area contributed by atoms with Gasteiger partial charge in [0.1, 0.15) is 0 Å². The van der Waals surface area contributed by atoms with E-state index < -0.39 is 0 Å². The first kappa shape index (κ1) is 12.9. The second-order valence-electron chi connectivity index (χ2n) is 5.29. The molecule has 0 saturated carbocycles. The predicted molar refractivity (Wildman–Crippen MR) is 63.7 cm³/mol. The first-order chi connectivity index (χ1) is 7.00. The van der Waals surface area contributed by atoms with Gasteiger partial charge in [0.05, 0.1) is 6.10 Å². The maximum absolute atomic E-state index is 9.49. The van der Waals surface area contributed by atoms with Gasteiger partial charge < -0.3 is 15.7 Å². The van der Waals surface area contributed by atoms with Crippen molar-refractivity contribution in [1.82, 2.24) is 4.90 Å². The minimum Gasteiger partial charge on any atom is -0.393 e. The Morgan fingerprint density at radius 3 is 2.20 bits per heavy atom. The number of aliphatic hydroxyl groups is 1. The molecule has 0 aromatic heterocycles. The Kier molecular flexibility index (Phi) is 5.03. The number of hydrogen-bond donors (Lipinski definition) is 2. The predicted octanol–water partition coefficient (Wildman–Crippen LogP) is 1.06. The molecule has 1 aliphatic rings. The zero-order valence-electron chi connectivity index (χ0n) is 10.3. The standard InChI is InChI=1S/C12H26N2O/c1-9(2)12(13)8-14-6-4-11(5-7-14)10(3)15/h9-12,15H,4-8,13H2,1-3H3. The largest absolute Gasteiger partial charge is 0.393 e. The number of piperidine rings is 1. The van der Waals surface area contributed by atoms with Gasteiger partial charge in [0, 0.05) is 12.6 Å². The van der Waals surface area contributed by atoms with Gasteiger partial charge >= 0.3 is 0 Å². The summed E-state index contributed by atoms with van der Waals surface area (Å²) in [6.07, 6.45) is 2.08. The van der Waals surface area contributed by atoms with E-state index in [0.717, 1.165) is 32.5 Å². The van der Waals surface area contributed by atoms with Crippen molar-refractivity contribution >= 4 is 0 Å². The first-order valence-electron chi connectivity index (χ1n) is 6.16. The highest BCUT2D eigenvalue weighted by molar-refractivity contribution is 4.78. The molecule has 0 radical (unpaired) electrons. The summed E-state index contributed by atoms with van der Waals surface area (Å²) in [4.78, 5) is 2.43. The van der Waals surface area contributed by atoms with E-state index in [-0.39, 0.29) is 12.1 Å². The molecule has 90 valence electrons. The Morgan fingerprint density at radius 2 is 1.80 bits per heavy atom. The van der Waals surface area contributed by atoms with Gasteiger partial charge in [0.25, 0.3) is 0 Å². The number of hydrogen-bond acceptors (Lipinski definition) is 3. The highest BCUT2D eigenvalue weighted by Gasteiger charge is 2.23. The third-order valence-electron chi connectivity index (χ3n) is 3.64. The van der Waals surface area contributed by atoms with Crippen molar-refractivity contribution in [2.24, 2.45) is 17.6 Å². The third-order valence-corrected chi connectivity index (χ3v) is 3.64. The van der Waals surface area contributed by atoms with E-state index in [1.807, 2.05) is 6.92 Å². The zero-order chi connectivity index (χ0) is 11.4. The number of nitrogens with two attached hydrogens (primary N) is 1. The molecule has 2 atom stereocenters. The quantitative estimate of drug-likeness (QED) is 0.736. The first-order valence-corrected chi connectivity index (χ1v) is 6.16. The van der Waals surface area contributed by atoms with Crippen LogP contribution in [-0.4, -0.2) is 41.8 Å². The van der Waals surface area contributed by atoms with E-state index in [1.54, 1.807) is 0 Å². The SMILES string of the molecule is CC(C)C(N)CN1CCC(C(C)O)CC1. The van der Waals surface area contributed by atoms with Crippen molar-refractivity contribution in [2.75, 3.05) is 19.6 Å². The van der Waals surface area contributed by atoms with Crippen molar-refractivity contribution < 1.29 is 5.11 Å². The molecule has 1 rings (SSSR count). The Bertz CT molecular complexity index is 174. The summed E-state index contributed by atoms with van der Waals surface area (Å²) in [5.74, 6) is 1.05. The molecular weight excluding hydrogens is 188 g/mol. The lowest BCUT2D eigenvalue weighted by Gasteiger charge is -2.35. The van der Waals surface area contributed by atoms with E-state index >= 15 is 0 Å². The summed E-state index contributed by atoms with van der Waals surface area (Å²) >= 11 is 0. The average Bonchev–Trinajstić information content (AvgIpc) is 2.18. The van der Waals surface area contributed by atoms with Crippen LogP contribution in [0.1, 0.15) is 33.6 Å². The Morgan fingerprint density at radius 1 is 1.27 bits per heavy atom. The second-order valence-corrected chi connectivity index (χ2v) is 5.29. The van der Waals surface area contributed by atoms with Crippen LogP contribution in [0.3, 0.4) is 0 Å². The smallest absolute Gasteiger partial charge is 0.0541 e. The molecule has 1 fully saturated rings. The van der Waals surface area contributed by atoms with Gasteiger partial charge in [-0.25, -0.2) is 0 Å². The number of aliphatic hydroxyl groups excluding tert-OH is 1. The molecule has 0 spiro atoms. The van der Waals surface area contributed by atoms with Crippen LogP contribution in [0.2, 0.25) is 0 Å². The normalized spacial score (nSPS) is 24.4. The van der Waals surface area contributed by atoms with E-state index in [0.29, 0.717) is 11.8 Å². The van der Waals surface area contributed by atoms with Crippen LogP contribution in [0.5, 0.6) is 0 Å². The molecule has 0 aromatic carbocycles. The van der Waals surface area contributed by atoms with Gasteiger partial charge in [-0.05, 0) is 44.7 Å². The Hall–Kier alpha value is -0.120. The summed E-state index contributed by atoms with van der Waals surface area (Å²) in [5.41, 5.74) is 6.05. The summed E-state index contributed by atoms with van der Waals surface area (Å²) in [6.45, 7) is 9.44. The summed E-state index contributed by atoms with van der Waals surface area (Å²) in [6, 6.07) is 0.285. The fourth-order valence-corrected chi connectivity index (χ4v) is 2.13. The highest BCUT2D eigenvalue weighted by Crippen LogP contribution is 2.20. The topological polar surface area (TPSA) is 49.5 Å². The highest BCUT2D eigenvalue weighted by atomic mass is 16.3. The zero-order valence-corrected chi connectivity index (χ0v) is 10.3. The molecule has 0 aromatic rings. The number of rotatable bonds is 4. The Balaban J connectivity index is 2.25. The fourth-order valence-electron chi connectivity index (χ4n) is 2.13. The van der Waals surface area contributed by atoms with Crippen molar-refractivity contribution in [3.8, 4) is 0 Å². The maximum atomic E-state index is 9.49. The van der Waals surface area contributed by atoms with E-state index in [1.165, 1.54) is 0 Å². The fraction of sp³-hybridized carbons (Fsp3) is 1.00. The molecule has 1 aliphatic heterocycles. The molecule has 0 bridgehead atoms. The third kappa shape index (κ3) is 4.09. The van der Waals surface area contributed by atoms with E-state index in [9.17, 15) is 5.11 Å². The summed E-state index contributed by atoms with van der Waals surface area (Å²) < 4.78 is 0. The molecule has 1 heterocycles. The lowest BCUT2D eigenvalue weighted by Crippen LogP contribution is -2.45. The molecule has 3 N–H and O–H groups in total. The van der Waals surface area contributed by atoms with Crippen LogP contribution in [-0.2, 0) is 0 Å². The molecule has 2 unspecified atom stereocenters. The average molecular weight is 214 g/mol. The van der Waals surface area contributed by atoms with Crippen molar-refractivity contribution in [1.29, 1.82) is 0 Å². The van der Waals surface area contributed by atoms with Crippen molar-refractivity contribution in [3.05, 3.63) is 0 Å². The van der Waals surface area contributed by atoms with Crippen LogP contribution in [0.15, 0.2) is 0 Å². The molecule has 0 amide bonds. The minimum atomic E-state index is -0.147. The van der Waals surface area contributed by atoms with Gasteiger partial charge in [-0.3, -0.25) is 0 Å². The van der Waals surface area contributed by atoms with Gasteiger partial charge in [-0.1, -0.05) is 13.8 Å². The van der Waals surface area contributed by atoms with E-state index in [2.05, 4.69) is 18.7 Å². The van der Waals surface area contributed by atoms with Crippen molar-refractivity contribution in [3.63, 3.8) is 0 Å². The molecule has 1 saturated heterocycles. The lowest BCUT2D eigenvalue weighted by molar-refractivity contribution is 0.0684. The molecule has 3 heteroatoms. The lowest BCUT2D eigenvalue weighted by atomic mass is 9.91. The minimum absolute atomic E-state index is 0.147. The molecule has 15 heavy (non-hydrogen) atoms. The monoisotopic (exact) mass is 214 g/mol. The number of nitrogens with zero attached hydrogens (tertiary/aromatic N) is 1.